The van der Waals surface area contributed by atoms with Crippen LogP contribution in [0.5, 0.6) is 5.75 Å². The molecule has 1 amide bonds. The number of carbonyl (C=O) groups is 1. The van der Waals surface area contributed by atoms with Gasteiger partial charge >= 0.3 is 0 Å². The minimum absolute atomic E-state index is 0.135. The zero-order valence-corrected chi connectivity index (χ0v) is 9.95. The molecule has 0 bridgehead atoms. The number of hydrogen-bond acceptors (Lipinski definition) is 3. The number of aromatic hydroxyl groups is 1. The quantitative estimate of drug-likeness (QED) is 0.876. The van der Waals surface area contributed by atoms with Crippen LogP contribution in [-0.2, 0) is 0 Å². The van der Waals surface area contributed by atoms with Crippen molar-refractivity contribution in [2.45, 2.75) is 6.92 Å². The van der Waals surface area contributed by atoms with E-state index < -0.39 is 17.5 Å². The van der Waals surface area contributed by atoms with E-state index in [1.165, 1.54) is 25.3 Å². The summed E-state index contributed by atoms with van der Waals surface area (Å²) >= 11 is 0. The SMILES string of the molecule is Cc1cc(F)c(NC(=O)c2ncccc2O)cc1F. The largest absolute Gasteiger partial charge is 0.505 e. The highest BCUT2D eigenvalue weighted by molar-refractivity contribution is 6.04. The number of carbonyl (C=O) groups excluding carboxylic acids is 1. The van der Waals surface area contributed by atoms with Crippen molar-refractivity contribution in [3.05, 3.63) is 53.4 Å². The van der Waals surface area contributed by atoms with Crippen LogP contribution >= 0.6 is 0 Å². The van der Waals surface area contributed by atoms with Gasteiger partial charge in [-0.3, -0.25) is 4.79 Å². The van der Waals surface area contributed by atoms with Crippen molar-refractivity contribution < 1.29 is 18.7 Å². The molecule has 0 fully saturated rings. The lowest BCUT2D eigenvalue weighted by atomic mass is 10.2. The minimum Gasteiger partial charge on any atom is -0.505 e. The molecule has 1 heterocycles. The van der Waals surface area contributed by atoms with Crippen molar-refractivity contribution in [3.63, 3.8) is 0 Å². The molecular formula is C13H10F2N2O2. The van der Waals surface area contributed by atoms with Crippen LogP contribution in [0.2, 0.25) is 0 Å². The maximum atomic E-state index is 13.5. The molecular weight excluding hydrogens is 254 g/mol. The fraction of sp³-hybridized carbons (Fsp3) is 0.0769. The monoisotopic (exact) mass is 264 g/mol. The maximum absolute atomic E-state index is 13.5. The molecule has 6 heteroatoms. The van der Waals surface area contributed by atoms with Crippen LogP contribution in [0.25, 0.3) is 0 Å². The second-order valence-electron chi connectivity index (χ2n) is 3.91. The number of nitrogens with zero attached hydrogens (tertiary/aromatic N) is 1. The van der Waals surface area contributed by atoms with E-state index in [1.54, 1.807) is 0 Å². The summed E-state index contributed by atoms with van der Waals surface area (Å²) < 4.78 is 26.9. The smallest absolute Gasteiger partial charge is 0.278 e. The third kappa shape index (κ3) is 2.67. The zero-order chi connectivity index (χ0) is 14.0. The molecule has 0 aliphatic carbocycles. The van der Waals surface area contributed by atoms with Crippen LogP contribution in [0.4, 0.5) is 14.5 Å². The maximum Gasteiger partial charge on any atom is 0.278 e. The summed E-state index contributed by atoms with van der Waals surface area (Å²) in [5.74, 6) is -2.56. The van der Waals surface area contributed by atoms with E-state index in [0.29, 0.717) is 0 Å². The molecule has 2 N–H and O–H groups in total. The molecule has 0 spiro atoms. The Hall–Kier alpha value is -2.50. The number of halogens is 2. The third-order valence-corrected chi connectivity index (χ3v) is 2.50. The Morgan fingerprint density at radius 2 is 2.05 bits per heavy atom. The molecule has 0 saturated heterocycles. The van der Waals surface area contributed by atoms with Crippen LogP contribution < -0.4 is 5.32 Å². The van der Waals surface area contributed by atoms with Crippen LogP contribution in [0.3, 0.4) is 0 Å². The van der Waals surface area contributed by atoms with Gasteiger partial charge in [0.25, 0.3) is 5.91 Å². The Morgan fingerprint density at radius 3 is 2.74 bits per heavy atom. The first-order chi connectivity index (χ1) is 8.99. The molecule has 0 aliphatic heterocycles. The van der Waals surface area contributed by atoms with Crippen molar-refractivity contribution in [1.82, 2.24) is 4.98 Å². The Bertz CT molecular complexity index is 645. The molecule has 19 heavy (non-hydrogen) atoms. The number of pyridine rings is 1. The minimum atomic E-state index is -0.819. The fourth-order valence-corrected chi connectivity index (χ4v) is 1.50. The molecule has 0 radical (unpaired) electrons. The molecule has 0 unspecified atom stereocenters. The van der Waals surface area contributed by atoms with E-state index >= 15 is 0 Å². The zero-order valence-electron chi connectivity index (χ0n) is 9.95. The highest BCUT2D eigenvalue weighted by Gasteiger charge is 2.15. The second-order valence-corrected chi connectivity index (χ2v) is 3.91. The summed E-state index contributed by atoms with van der Waals surface area (Å²) in [5, 5.41) is 11.6. The second kappa shape index (κ2) is 5.01. The topological polar surface area (TPSA) is 62.2 Å². The first-order valence-corrected chi connectivity index (χ1v) is 5.40. The average molecular weight is 264 g/mol. The molecule has 0 aliphatic rings. The van der Waals surface area contributed by atoms with Gasteiger partial charge < -0.3 is 10.4 Å². The Balaban J connectivity index is 2.30. The summed E-state index contributed by atoms with van der Waals surface area (Å²) in [6, 6.07) is 4.57. The number of amides is 1. The van der Waals surface area contributed by atoms with E-state index in [-0.39, 0.29) is 22.7 Å². The number of rotatable bonds is 2. The predicted octanol–water partition coefficient (Wildman–Crippen LogP) is 2.63. The summed E-state index contributed by atoms with van der Waals surface area (Å²) in [7, 11) is 0. The van der Waals surface area contributed by atoms with Gasteiger partial charge in [0, 0.05) is 12.3 Å². The molecule has 0 atom stereocenters. The van der Waals surface area contributed by atoms with Gasteiger partial charge in [-0.2, -0.15) is 0 Å². The van der Waals surface area contributed by atoms with Crippen LogP contribution in [0.1, 0.15) is 16.1 Å². The van der Waals surface area contributed by atoms with E-state index in [0.717, 1.165) is 12.1 Å². The van der Waals surface area contributed by atoms with Crippen LogP contribution in [0, 0.1) is 18.6 Å². The number of nitrogens with one attached hydrogen (secondary N) is 1. The lowest BCUT2D eigenvalue weighted by molar-refractivity contribution is 0.101. The summed E-state index contributed by atoms with van der Waals surface area (Å²) in [6.07, 6.45) is 1.31. The van der Waals surface area contributed by atoms with Crippen LogP contribution in [-0.4, -0.2) is 16.0 Å². The van der Waals surface area contributed by atoms with Gasteiger partial charge in [-0.05, 0) is 30.7 Å². The fourth-order valence-electron chi connectivity index (χ4n) is 1.50. The molecule has 1 aromatic carbocycles. The van der Waals surface area contributed by atoms with Gasteiger partial charge in [-0.25, -0.2) is 13.8 Å². The van der Waals surface area contributed by atoms with E-state index in [9.17, 15) is 18.7 Å². The van der Waals surface area contributed by atoms with Gasteiger partial charge in [0.2, 0.25) is 0 Å². The molecule has 1 aromatic heterocycles. The molecule has 98 valence electrons. The first kappa shape index (κ1) is 12.9. The van der Waals surface area contributed by atoms with Gasteiger partial charge in [-0.15, -0.1) is 0 Å². The normalized spacial score (nSPS) is 10.3. The van der Waals surface area contributed by atoms with Gasteiger partial charge in [0.15, 0.2) is 5.69 Å². The van der Waals surface area contributed by atoms with Gasteiger partial charge in [0.1, 0.15) is 17.4 Å². The van der Waals surface area contributed by atoms with Crippen molar-refractivity contribution >= 4 is 11.6 Å². The Labute approximate surface area is 107 Å². The average Bonchev–Trinajstić information content (AvgIpc) is 2.36. The molecule has 4 nitrogen and oxygen atoms in total. The highest BCUT2D eigenvalue weighted by atomic mass is 19.1. The van der Waals surface area contributed by atoms with Crippen molar-refractivity contribution in [1.29, 1.82) is 0 Å². The first-order valence-electron chi connectivity index (χ1n) is 5.40. The van der Waals surface area contributed by atoms with E-state index in [1.807, 2.05) is 0 Å². The highest BCUT2D eigenvalue weighted by Crippen LogP contribution is 2.21. The van der Waals surface area contributed by atoms with Crippen molar-refractivity contribution in [2.75, 3.05) is 5.32 Å². The molecule has 2 rings (SSSR count). The van der Waals surface area contributed by atoms with E-state index in [4.69, 9.17) is 0 Å². The van der Waals surface area contributed by atoms with E-state index in [2.05, 4.69) is 10.3 Å². The lowest BCUT2D eigenvalue weighted by Crippen LogP contribution is -2.15. The summed E-state index contributed by atoms with van der Waals surface area (Å²) in [5.41, 5.74) is -0.433. The van der Waals surface area contributed by atoms with Gasteiger partial charge in [0.05, 0.1) is 5.69 Å². The predicted molar refractivity (Wildman–Crippen MR) is 65.0 cm³/mol. The number of aromatic nitrogens is 1. The lowest BCUT2D eigenvalue weighted by Gasteiger charge is -2.08. The Kier molecular flexibility index (Phi) is 3.41. The number of hydrogen-bond donors (Lipinski definition) is 2. The standard InChI is InChI=1S/C13H10F2N2O2/c1-7-5-9(15)10(6-8(7)14)17-13(19)12-11(18)3-2-4-16-12/h2-6,18H,1H3,(H,17,19). The number of anilines is 1. The molecule has 0 saturated carbocycles. The third-order valence-electron chi connectivity index (χ3n) is 2.50. The van der Waals surface area contributed by atoms with Crippen molar-refractivity contribution in [2.24, 2.45) is 0 Å². The summed E-state index contributed by atoms with van der Waals surface area (Å²) in [6.45, 7) is 1.41. The van der Waals surface area contributed by atoms with Gasteiger partial charge in [-0.1, -0.05) is 0 Å². The van der Waals surface area contributed by atoms with Crippen LogP contribution in [0.15, 0.2) is 30.5 Å². The Morgan fingerprint density at radius 1 is 1.32 bits per heavy atom. The summed E-state index contributed by atoms with van der Waals surface area (Å²) in [4.78, 5) is 15.4. The number of aryl methyl sites for hydroxylation is 1. The van der Waals surface area contributed by atoms with Crippen molar-refractivity contribution in [3.8, 4) is 5.75 Å². The molecule has 2 aromatic rings. The number of benzene rings is 1.